The van der Waals surface area contributed by atoms with E-state index < -0.39 is 25.1 Å². The summed E-state index contributed by atoms with van der Waals surface area (Å²) < 4.78 is 38.8. The molecule has 2 aromatic rings. The molecule has 0 aliphatic carbocycles. The van der Waals surface area contributed by atoms with Crippen molar-refractivity contribution in [2.45, 2.75) is 20.0 Å². The zero-order chi connectivity index (χ0) is 22.1. The molecule has 0 radical (unpaired) electrons. The van der Waals surface area contributed by atoms with E-state index in [0.29, 0.717) is 11.3 Å². The van der Waals surface area contributed by atoms with Gasteiger partial charge in [-0.05, 0) is 49.4 Å². The lowest BCUT2D eigenvalue weighted by molar-refractivity contribution is -0.147. The number of Topliss-reactive ketones (excluding diaryl/α,β-unsaturated/α-hetero) is 1. The van der Waals surface area contributed by atoms with E-state index in [1.54, 1.807) is 24.3 Å². The highest BCUT2D eigenvalue weighted by Gasteiger charge is 2.12. The number of alkyl halides is 2. The van der Waals surface area contributed by atoms with E-state index in [0.717, 1.165) is 0 Å². The van der Waals surface area contributed by atoms with Crippen LogP contribution >= 0.6 is 11.6 Å². The van der Waals surface area contributed by atoms with Gasteiger partial charge in [-0.15, -0.1) is 0 Å². The number of esters is 1. The maximum Gasteiger partial charge on any atom is 0.387 e. The molecule has 0 aliphatic heterocycles. The Morgan fingerprint density at radius 3 is 2.40 bits per heavy atom. The molecule has 1 N–H and O–H groups in total. The van der Waals surface area contributed by atoms with Crippen LogP contribution in [-0.4, -0.2) is 37.5 Å². The topological polar surface area (TPSA) is 90.9 Å². The molecule has 0 saturated carbocycles. The Morgan fingerprint density at radius 2 is 1.80 bits per heavy atom. The molecule has 2 aromatic carbocycles. The van der Waals surface area contributed by atoms with Gasteiger partial charge in [0.2, 0.25) is 0 Å². The molecular formula is C20H18ClF2NO6. The summed E-state index contributed by atoms with van der Waals surface area (Å²) in [4.78, 5) is 34.7. The highest BCUT2D eigenvalue weighted by molar-refractivity contribution is 6.32. The Bertz CT molecular complexity index is 905. The molecule has 0 bridgehead atoms. The van der Waals surface area contributed by atoms with Gasteiger partial charge in [-0.3, -0.25) is 14.4 Å². The molecule has 0 atom stereocenters. The summed E-state index contributed by atoms with van der Waals surface area (Å²) in [5.74, 6) is -1.09. The van der Waals surface area contributed by atoms with Crippen LogP contribution in [0.25, 0.3) is 0 Å². The smallest absolute Gasteiger partial charge is 0.387 e. The van der Waals surface area contributed by atoms with E-state index in [2.05, 4.69) is 10.1 Å². The molecule has 160 valence electrons. The van der Waals surface area contributed by atoms with Gasteiger partial charge in [0.05, 0.1) is 18.1 Å². The molecule has 7 nitrogen and oxygen atoms in total. The van der Waals surface area contributed by atoms with E-state index in [1.807, 2.05) is 0 Å². The summed E-state index contributed by atoms with van der Waals surface area (Å²) in [5, 5.41) is 2.30. The SMILES string of the molecule is CC(=O)c1ccc(OCCC(=O)OCC(=O)Nc2ccc(OC(F)F)c(Cl)c2)cc1. The molecule has 0 aliphatic rings. The second-order valence-corrected chi connectivity index (χ2v) is 6.32. The molecular weight excluding hydrogens is 424 g/mol. The third kappa shape index (κ3) is 7.67. The predicted octanol–water partition coefficient (Wildman–Crippen LogP) is 4.09. The number of carbonyl (C=O) groups excluding carboxylic acids is 3. The highest BCUT2D eigenvalue weighted by Crippen LogP contribution is 2.28. The van der Waals surface area contributed by atoms with Crippen molar-refractivity contribution >= 4 is 34.9 Å². The molecule has 0 spiro atoms. The van der Waals surface area contributed by atoms with Gasteiger partial charge < -0.3 is 19.5 Å². The minimum atomic E-state index is -3.02. The van der Waals surface area contributed by atoms with Crippen LogP contribution < -0.4 is 14.8 Å². The van der Waals surface area contributed by atoms with Crippen LogP contribution in [0.4, 0.5) is 14.5 Å². The number of ether oxygens (including phenoxy) is 3. The predicted molar refractivity (Wildman–Crippen MR) is 104 cm³/mol. The first-order valence-electron chi connectivity index (χ1n) is 8.68. The minimum Gasteiger partial charge on any atom is -0.493 e. The second kappa shape index (κ2) is 11.1. The zero-order valence-electron chi connectivity index (χ0n) is 15.8. The number of anilines is 1. The number of carbonyl (C=O) groups is 3. The molecule has 2 rings (SSSR count). The van der Waals surface area contributed by atoms with Gasteiger partial charge >= 0.3 is 12.6 Å². The summed E-state index contributed by atoms with van der Waals surface area (Å²) in [6, 6.07) is 10.2. The minimum absolute atomic E-state index is 0.0288. The Kier molecular flexibility index (Phi) is 8.54. The van der Waals surface area contributed by atoms with Crippen molar-refractivity contribution in [1.29, 1.82) is 0 Å². The fraction of sp³-hybridized carbons (Fsp3) is 0.250. The van der Waals surface area contributed by atoms with Crippen molar-refractivity contribution in [3.8, 4) is 11.5 Å². The van der Waals surface area contributed by atoms with Crippen molar-refractivity contribution in [1.82, 2.24) is 0 Å². The monoisotopic (exact) mass is 441 g/mol. The molecule has 0 heterocycles. The standard InChI is InChI=1S/C20H18ClF2NO6/c1-12(25)13-2-5-15(6-3-13)28-9-8-19(27)29-11-18(26)24-14-4-7-17(16(21)10-14)30-20(22)23/h2-7,10,20H,8-9,11H2,1H3,(H,24,26). The van der Waals surface area contributed by atoms with Gasteiger partial charge in [-0.25, -0.2) is 0 Å². The molecule has 10 heteroatoms. The van der Waals surface area contributed by atoms with Crippen LogP contribution in [0, 0.1) is 0 Å². The molecule has 0 aromatic heterocycles. The quantitative estimate of drug-likeness (QED) is 0.441. The van der Waals surface area contributed by atoms with Crippen LogP contribution in [0.1, 0.15) is 23.7 Å². The van der Waals surface area contributed by atoms with Crippen molar-refractivity contribution in [3.63, 3.8) is 0 Å². The fourth-order valence-electron chi connectivity index (χ4n) is 2.22. The molecule has 0 saturated heterocycles. The number of benzene rings is 2. The van der Waals surface area contributed by atoms with Gasteiger partial charge in [-0.1, -0.05) is 11.6 Å². The highest BCUT2D eigenvalue weighted by atomic mass is 35.5. The lowest BCUT2D eigenvalue weighted by atomic mass is 10.1. The van der Waals surface area contributed by atoms with Crippen molar-refractivity contribution < 1.29 is 37.4 Å². The Balaban J connectivity index is 1.70. The number of ketones is 1. The van der Waals surface area contributed by atoms with E-state index >= 15 is 0 Å². The van der Waals surface area contributed by atoms with Gasteiger partial charge in [0.25, 0.3) is 5.91 Å². The van der Waals surface area contributed by atoms with Crippen LogP contribution in [0.2, 0.25) is 5.02 Å². The number of halogens is 3. The first-order valence-corrected chi connectivity index (χ1v) is 9.06. The van der Waals surface area contributed by atoms with Crippen molar-refractivity contribution in [2.24, 2.45) is 0 Å². The maximum atomic E-state index is 12.2. The van der Waals surface area contributed by atoms with Gasteiger partial charge in [0.15, 0.2) is 12.4 Å². The summed E-state index contributed by atoms with van der Waals surface area (Å²) in [5.41, 5.74) is 0.769. The van der Waals surface area contributed by atoms with Crippen LogP contribution in [0.15, 0.2) is 42.5 Å². The third-order valence-corrected chi connectivity index (χ3v) is 3.93. The Labute approximate surface area is 175 Å². The zero-order valence-corrected chi connectivity index (χ0v) is 16.6. The van der Waals surface area contributed by atoms with E-state index in [4.69, 9.17) is 21.1 Å². The summed E-state index contributed by atoms with van der Waals surface area (Å²) >= 11 is 5.79. The number of amides is 1. The summed E-state index contributed by atoms with van der Waals surface area (Å²) in [6.45, 7) is -2.08. The van der Waals surface area contributed by atoms with Crippen LogP contribution in [0.3, 0.4) is 0 Å². The second-order valence-electron chi connectivity index (χ2n) is 5.91. The normalized spacial score (nSPS) is 10.4. The molecule has 1 amide bonds. The van der Waals surface area contributed by atoms with Gasteiger partial charge in [-0.2, -0.15) is 8.78 Å². The van der Waals surface area contributed by atoms with Crippen molar-refractivity contribution in [2.75, 3.05) is 18.5 Å². The molecule has 0 unspecified atom stereocenters. The van der Waals surface area contributed by atoms with E-state index in [-0.39, 0.29) is 35.3 Å². The average molecular weight is 442 g/mol. The third-order valence-electron chi connectivity index (χ3n) is 3.63. The largest absolute Gasteiger partial charge is 0.493 e. The summed E-state index contributed by atoms with van der Waals surface area (Å²) in [6.07, 6.45) is -0.0900. The number of nitrogens with one attached hydrogen (secondary N) is 1. The van der Waals surface area contributed by atoms with Gasteiger partial charge in [0, 0.05) is 11.3 Å². The Hall–Kier alpha value is -3.20. The molecule has 0 fully saturated rings. The van der Waals surface area contributed by atoms with E-state index in [9.17, 15) is 23.2 Å². The first kappa shape index (κ1) is 23.1. The number of hydrogen-bond acceptors (Lipinski definition) is 6. The summed E-state index contributed by atoms with van der Waals surface area (Å²) in [7, 11) is 0. The average Bonchev–Trinajstić information content (AvgIpc) is 2.68. The lowest BCUT2D eigenvalue weighted by Crippen LogP contribution is -2.21. The first-order chi connectivity index (χ1) is 14.2. The van der Waals surface area contributed by atoms with Crippen LogP contribution in [0.5, 0.6) is 11.5 Å². The van der Waals surface area contributed by atoms with Crippen molar-refractivity contribution in [3.05, 3.63) is 53.1 Å². The maximum absolute atomic E-state index is 12.2. The fourth-order valence-corrected chi connectivity index (χ4v) is 2.45. The van der Waals surface area contributed by atoms with Gasteiger partial charge in [0.1, 0.15) is 11.5 Å². The number of hydrogen-bond donors (Lipinski definition) is 1. The molecule has 30 heavy (non-hydrogen) atoms. The van der Waals surface area contributed by atoms with Crippen LogP contribution in [-0.2, 0) is 14.3 Å². The Morgan fingerprint density at radius 1 is 1.10 bits per heavy atom. The van der Waals surface area contributed by atoms with E-state index in [1.165, 1.54) is 25.1 Å². The lowest BCUT2D eigenvalue weighted by Gasteiger charge is -2.10. The number of rotatable bonds is 10.